The minimum Gasteiger partial charge on any atom is -0.424 e. The molecule has 144 valence electrons. The molecule has 1 unspecified atom stereocenters. The Morgan fingerprint density at radius 1 is 1.11 bits per heavy atom. The van der Waals surface area contributed by atoms with Crippen LogP contribution in [-0.4, -0.2) is 20.4 Å². The predicted molar refractivity (Wildman–Crippen MR) is 97.6 cm³/mol. The van der Waals surface area contributed by atoms with Crippen molar-refractivity contribution in [3.05, 3.63) is 58.9 Å². The lowest BCUT2D eigenvalue weighted by atomic mass is 9.68. The standard InChI is InChI=1S/C21H20F2N4O/c1-4-16-25-27-19(28-16)21-9-8-12(20(21,2)3)11-10-15(24-26-18(11)21)17-13(22)6-5-7-14(17)23/h5-7,10,12H,4,8-9H2,1-3H3/t12-,21?/m0/s1. The van der Waals surface area contributed by atoms with Crippen LogP contribution < -0.4 is 0 Å². The lowest BCUT2D eigenvalue weighted by molar-refractivity contribution is 0.203. The first kappa shape index (κ1) is 17.4. The summed E-state index contributed by atoms with van der Waals surface area (Å²) in [7, 11) is 0. The lowest BCUT2D eigenvalue weighted by Gasteiger charge is -2.34. The zero-order chi connectivity index (χ0) is 19.7. The van der Waals surface area contributed by atoms with Crippen molar-refractivity contribution in [1.29, 1.82) is 0 Å². The van der Waals surface area contributed by atoms with E-state index in [0.717, 1.165) is 24.1 Å². The molecule has 7 heteroatoms. The van der Waals surface area contributed by atoms with Gasteiger partial charge in [-0.05, 0) is 47.9 Å². The molecule has 5 rings (SSSR count). The number of hydrogen-bond acceptors (Lipinski definition) is 5. The first-order valence-corrected chi connectivity index (χ1v) is 9.55. The van der Waals surface area contributed by atoms with Crippen LogP contribution in [0, 0.1) is 17.0 Å². The normalized spacial score (nSPS) is 24.5. The number of nitrogens with zero attached hydrogens (tertiary/aromatic N) is 4. The third-order valence-electron chi connectivity index (χ3n) is 6.74. The van der Waals surface area contributed by atoms with Crippen LogP contribution >= 0.6 is 0 Å². The van der Waals surface area contributed by atoms with Crippen LogP contribution in [0.15, 0.2) is 28.7 Å². The molecule has 0 amide bonds. The van der Waals surface area contributed by atoms with Gasteiger partial charge in [-0.2, -0.15) is 5.10 Å². The molecule has 0 saturated heterocycles. The molecule has 3 aromatic rings. The zero-order valence-electron chi connectivity index (χ0n) is 16.0. The number of halogens is 2. The first-order valence-electron chi connectivity index (χ1n) is 9.55. The SMILES string of the molecule is CCc1nnc(C23CC[C@@H](c4cc(-c5c(F)cccc5F)nnc42)C3(C)C)o1. The van der Waals surface area contributed by atoms with Gasteiger partial charge in [-0.25, -0.2) is 8.78 Å². The first-order chi connectivity index (χ1) is 13.4. The highest BCUT2D eigenvalue weighted by Crippen LogP contribution is 2.69. The number of fused-ring (bicyclic) bond motifs is 5. The van der Waals surface area contributed by atoms with Gasteiger partial charge in [0.25, 0.3) is 0 Å². The van der Waals surface area contributed by atoms with E-state index < -0.39 is 17.0 Å². The Hall–Kier alpha value is -2.70. The van der Waals surface area contributed by atoms with Crippen LogP contribution in [0.25, 0.3) is 11.3 Å². The van der Waals surface area contributed by atoms with Crippen LogP contribution in [0.4, 0.5) is 8.78 Å². The highest BCUT2D eigenvalue weighted by Gasteiger charge is 2.67. The number of aryl methyl sites for hydroxylation is 1. The molecule has 5 nitrogen and oxygen atoms in total. The molecular formula is C21H20F2N4O. The Labute approximate surface area is 161 Å². The van der Waals surface area contributed by atoms with E-state index in [1.807, 2.05) is 6.92 Å². The molecule has 1 fully saturated rings. The Morgan fingerprint density at radius 3 is 2.54 bits per heavy atom. The van der Waals surface area contributed by atoms with Gasteiger partial charge in [0.15, 0.2) is 0 Å². The minimum absolute atomic E-state index is 0.140. The van der Waals surface area contributed by atoms with Gasteiger partial charge < -0.3 is 4.42 Å². The molecule has 2 bridgehead atoms. The predicted octanol–water partition coefficient (Wildman–Crippen LogP) is 4.57. The maximum atomic E-state index is 14.3. The summed E-state index contributed by atoms with van der Waals surface area (Å²) in [5.74, 6) is 0.0557. The van der Waals surface area contributed by atoms with Gasteiger partial charge in [0.2, 0.25) is 11.8 Å². The molecule has 2 heterocycles. The summed E-state index contributed by atoms with van der Waals surface area (Å²) < 4.78 is 34.5. The van der Waals surface area contributed by atoms with Crippen molar-refractivity contribution in [3.8, 4) is 11.3 Å². The maximum absolute atomic E-state index is 14.3. The fourth-order valence-electron chi connectivity index (χ4n) is 5.23. The van der Waals surface area contributed by atoms with Crippen LogP contribution in [0.2, 0.25) is 0 Å². The summed E-state index contributed by atoms with van der Waals surface area (Å²) in [6.45, 7) is 6.31. The molecule has 1 saturated carbocycles. The Balaban J connectivity index is 1.71. The van der Waals surface area contributed by atoms with Crippen molar-refractivity contribution in [2.75, 3.05) is 0 Å². The van der Waals surface area contributed by atoms with Crippen molar-refractivity contribution in [2.45, 2.75) is 51.4 Å². The zero-order valence-corrected chi connectivity index (χ0v) is 16.0. The van der Waals surface area contributed by atoms with E-state index in [4.69, 9.17) is 4.42 Å². The molecular weight excluding hydrogens is 362 g/mol. The van der Waals surface area contributed by atoms with Crippen molar-refractivity contribution < 1.29 is 13.2 Å². The topological polar surface area (TPSA) is 64.7 Å². The van der Waals surface area contributed by atoms with Crippen LogP contribution in [0.1, 0.15) is 62.6 Å². The monoisotopic (exact) mass is 382 g/mol. The van der Waals surface area contributed by atoms with E-state index in [-0.39, 0.29) is 22.6 Å². The lowest BCUT2D eigenvalue weighted by Crippen LogP contribution is -2.37. The fourth-order valence-corrected chi connectivity index (χ4v) is 5.23. The van der Waals surface area contributed by atoms with Gasteiger partial charge in [0, 0.05) is 6.42 Å². The maximum Gasteiger partial charge on any atom is 0.229 e. The Bertz CT molecular complexity index is 1070. The molecule has 2 aromatic heterocycles. The molecule has 2 atom stereocenters. The van der Waals surface area contributed by atoms with E-state index in [0.29, 0.717) is 18.2 Å². The van der Waals surface area contributed by atoms with E-state index in [1.54, 1.807) is 6.07 Å². The van der Waals surface area contributed by atoms with E-state index in [9.17, 15) is 8.78 Å². The summed E-state index contributed by atoms with van der Waals surface area (Å²) in [6, 6.07) is 5.59. The average molecular weight is 382 g/mol. The van der Waals surface area contributed by atoms with Gasteiger partial charge in [-0.15, -0.1) is 15.3 Å². The second-order valence-electron chi connectivity index (χ2n) is 8.20. The van der Waals surface area contributed by atoms with Gasteiger partial charge in [0.1, 0.15) is 11.6 Å². The molecule has 28 heavy (non-hydrogen) atoms. The number of rotatable bonds is 3. The summed E-state index contributed by atoms with van der Waals surface area (Å²) in [5.41, 5.74) is 1.10. The Kier molecular flexibility index (Phi) is 3.51. The van der Waals surface area contributed by atoms with Crippen molar-refractivity contribution in [2.24, 2.45) is 5.41 Å². The van der Waals surface area contributed by atoms with Crippen molar-refractivity contribution in [3.63, 3.8) is 0 Å². The molecule has 2 aliphatic rings. The molecule has 2 aliphatic carbocycles. The number of hydrogen-bond donors (Lipinski definition) is 0. The fraction of sp³-hybridized carbons (Fsp3) is 0.429. The third-order valence-corrected chi connectivity index (χ3v) is 6.74. The second kappa shape index (κ2) is 5.65. The summed E-state index contributed by atoms with van der Waals surface area (Å²) >= 11 is 0. The molecule has 0 aliphatic heterocycles. The highest BCUT2D eigenvalue weighted by atomic mass is 19.1. The molecule has 1 aromatic carbocycles. The summed E-state index contributed by atoms with van der Waals surface area (Å²) in [4.78, 5) is 0. The van der Waals surface area contributed by atoms with Crippen molar-refractivity contribution >= 4 is 0 Å². The minimum atomic E-state index is -0.643. The van der Waals surface area contributed by atoms with Crippen LogP contribution in [0.3, 0.4) is 0 Å². The van der Waals surface area contributed by atoms with Gasteiger partial charge in [-0.3, -0.25) is 0 Å². The molecule has 0 N–H and O–H groups in total. The highest BCUT2D eigenvalue weighted by molar-refractivity contribution is 5.63. The van der Waals surface area contributed by atoms with Gasteiger partial charge in [0.05, 0.1) is 22.4 Å². The van der Waals surface area contributed by atoms with E-state index >= 15 is 0 Å². The van der Waals surface area contributed by atoms with Gasteiger partial charge >= 0.3 is 0 Å². The van der Waals surface area contributed by atoms with Gasteiger partial charge in [-0.1, -0.05) is 26.8 Å². The quantitative estimate of drug-likeness (QED) is 0.664. The third kappa shape index (κ3) is 1.99. The van der Waals surface area contributed by atoms with Crippen LogP contribution in [-0.2, 0) is 11.8 Å². The molecule has 0 spiro atoms. The van der Waals surface area contributed by atoms with E-state index in [1.165, 1.54) is 18.2 Å². The number of benzene rings is 1. The van der Waals surface area contributed by atoms with E-state index in [2.05, 4.69) is 34.2 Å². The number of aromatic nitrogens is 4. The Morgan fingerprint density at radius 2 is 1.86 bits per heavy atom. The molecule has 0 radical (unpaired) electrons. The summed E-state index contributed by atoms with van der Waals surface area (Å²) in [6.07, 6.45) is 2.43. The largest absolute Gasteiger partial charge is 0.424 e. The van der Waals surface area contributed by atoms with Crippen molar-refractivity contribution in [1.82, 2.24) is 20.4 Å². The summed E-state index contributed by atoms with van der Waals surface area (Å²) in [5, 5.41) is 17.2. The smallest absolute Gasteiger partial charge is 0.229 e. The second-order valence-corrected chi connectivity index (χ2v) is 8.20. The van der Waals surface area contributed by atoms with Crippen LogP contribution in [0.5, 0.6) is 0 Å². The average Bonchev–Trinajstić information content (AvgIpc) is 3.30.